The van der Waals surface area contributed by atoms with Gasteiger partial charge in [-0.25, -0.2) is 4.79 Å². The number of benzene rings is 1. The van der Waals surface area contributed by atoms with E-state index >= 15 is 0 Å². The number of carbonyl (C=O) groups excluding carboxylic acids is 1. The van der Waals surface area contributed by atoms with Crippen LogP contribution in [0, 0.1) is 0 Å². The fourth-order valence-electron chi connectivity index (χ4n) is 4.02. The maximum Gasteiger partial charge on any atom is 0.330 e. The normalized spacial score (nSPS) is 15.7. The third-order valence-electron chi connectivity index (χ3n) is 4.65. The van der Waals surface area contributed by atoms with Crippen molar-refractivity contribution in [1.29, 1.82) is 0 Å². The number of esters is 1. The number of hydrogen-bond acceptors (Lipinski definition) is 6. The van der Waals surface area contributed by atoms with Gasteiger partial charge in [0.1, 0.15) is 6.61 Å². The minimum Gasteiger partial charge on any atom is -0.460 e. The van der Waals surface area contributed by atoms with Crippen molar-refractivity contribution in [2.24, 2.45) is 0 Å². The molecule has 1 aromatic rings. The quantitative estimate of drug-likeness (QED) is 0.153. The van der Waals surface area contributed by atoms with E-state index in [1.165, 1.54) is 0 Å². The second kappa shape index (κ2) is 12.0. The second-order valence-corrected chi connectivity index (χ2v) is 25.5. The molecule has 6 nitrogen and oxygen atoms in total. The van der Waals surface area contributed by atoms with Gasteiger partial charge in [-0.05, 0) is 64.0 Å². The number of ether oxygens (including phenoxy) is 2. The lowest BCUT2D eigenvalue weighted by molar-refractivity contribution is -0.139. The van der Waals surface area contributed by atoms with Gasteiger partial charge in [-0.1, -0.05) is 43.8 Å². The molecule has 0 fully saturated rings. The minimum atomic E-state index is -2.60. The smallest absolute Gasteiger partial charge is 0.330 e. The molecule has 0 saturated carbocycles. The molecule has 10 heteroatoms. The van der Waals surface area contributed by atoms with E-state index in [1.54, 1.807) is 0 Å². The van der Waals surface area contributed by atoms with Crippen LogP contribution in [0.1, 0.15) is 13.3 Å². The number of carbonyl (C=O) groups is 1. The third-order valence-corrected chi connectivity index (χ3v) is 19.9. The van der Waals surface area contributed by atoms with Crippen LogP contribution in [0.3, 0.4) is 0 Å². The molecule has 0 heterocycles. The van der Waals surface area contributed by atoms with Crippen LogP contribution in [0.2, 0.25) is 52.4 Å². The van der Waals surface area contributed by atoms with Crippen molar-refractivity contribution in [1.82, 2.24) is 0 Å². The first kappa shape index (κ1) is 29.2. The van der Waals surface area contributed by atoms with Gasteiger partial charge in [-0.15, -0.1) is 0 Å². The highest BCUT2D eigenvalue weighted by atomic mass is 28.5. The summed E-state index contributed by atoms with van der Waals surface area (Å²) >= 11 is 0. The van der Waals surface area contributed by atoms with Gasteiger partial charge >= 0.3 is 23.1 Å². The second-order valence-electron chi connectivity index (χ2n) is 9.83. The zero-order valence-corrected chi connectivity index (χ0v) is 25.3. The van der Waals surface area contributed by atoms with Crippen LogP contribution in [-0.2, 0) is 26.6 Å². The standard InChI is InChI=1S/C22H42O6Si4/c1-11-21(23)24-18-19-25-22(12-2)32(10,20-16-14-13-15-17-20)28-31(8,9)27-30(6,7)26-29(3,4)5/h11,13-17,22H,1,12,18-19H2,2-10H3. The summed E-state index contributed by atoms with van der Waals surface area (Å²) < 4.78 is 31.4. The van der Waals surface area contributed by atoms with Gasteiger partial charge in [0.2, 0.25) is 8.32 Å². The largest absolute Gasteiger partial charge is 0.460 e. The summed E-state index contributed by atoms with van der Waals surface area (Å²) in [4.78, 5) is 11.3. The average Bonchev–Trinajstić information content (AvgIpc) is 2.64. The topological polar surface area (TPSA) is 63.2 Å². The Labute approximate surface area is 199 Å². The number of hydrogen-bond donors (Lipinski definition) is 0. The molecule has 1 aromatic carbocycles. The fraction of sp³-hybridized carbons (Fsp3) is 0.591. The van der Waals surface area contributed by atoms with Gasteiger partial charge in [-0.2, -0.15) is 0 Å². The Morgan fingerprint density at radius 3 is 1.97 bits per heavy atom. The Hall–Kier alpha value is -0.862. The van der Waals surface area contributed by atoms with Crippen LogP contribution in [0.5, 0.6) is 0 Å². The Morgan fingerprint density at radius 2 is 1.47 bits per heavy atom. The highest BCUT2D eigenvalue weighted by Gasteiger charge is 2.48. The zero-order valence-electron chi connectivity index (χ0n) is 21.3. The van der Waals surface area contributed by atoms with E-state index in [0.717, 1.165) is 17.7 Å². The van der Waals surface area contributed by atoms with E-state index in [1.807, 2.05) is 18.2 Å². The molecule has 32 heavy (non-hydrogen) atoms. The van der Waals surface area contributed by atoms with E-state index in [4.69, 9.17) is 21.8 Å². The fourth-order valence-corrected chi connectivity index (χ4v) is 23.3. The van der Waals surface area contributed by atoms with Gasteiger partial charge in [-0.3, -0.25) is 0 Å². The summed E-state index contributed by atoms with van der Waals surface area (Å²) in [7, 11) is -9.26. The van der Waals surface area contributed by atoms with E-state index < -0.39 is 39.7 Å². The Balaban J connectivity index is 3.11. The van der Waals surface area contributed by atoms with Crippen molar-refractivity contribution in [3.8, 4) is 0 Å². The third kappa shape index (κ3) is 9.96. The van der Waals surface area contributed by atoms with Crippen molar-refractivity contribution >= 4 is 44.9 Å². The van der Waals surface area contributed by atoms with E-state index in [-0.39, 0.29) is 12.3 Å². The molecule has 1 rings (SSSR count). The van der Waals surface area contributed by atoms with E-state index in [2.05, 4.69) is 78.0 Å². The van der Waals surface area contributed by atoms with Gasteiger partial charge in [0.05, 0.1) is 12.3 Å². The van der Waals surface area contributed by atoms with Crippen LogP contribution in [0.15, 0.2) is 43.0 Å². The molecule has 0 bridgehead atoms. The highest BCUT2D eigenvalue weighted by Crippen LogP contribution is 2.27. The lowest BCUT2D eigenvalue weighted by atomic mass is 10.4. The first-order chi connectivity index (χ1) is 14.6. The molecule has 0 aliphatic carbocycles. The van der Waals surface area contributed by atoms with Crippen molar-refractivity contribution in [2.75, 3.05) is 13.2 Å². The van der Waals surface area contributed by atoms with Crippen molar-refractivity contribution in [3.63, 3.8) is 0 Å². The summed E-state index contributed by atoms with van der Waals surface area (Å²) in [6.45, 7) is 23.2. The molecule has 182 valence electrons. The van der Waals surface area contributed by atoms with Crippen LogP contribution >= 0.6 is 0 Å². The van der Waals surface area contributed by atoms with Crippen molar-refractivity contribution in [3.05, 3.63) is 43.0 Å². The molecule has 0 aliphatic heterocycles. The molecule has 0 saturated heterocycles. The van der Waals surface area contributed by atoms with Gasteiger partial charge < -0.3 is 21.8 Å². The molecule has 2 atom stereocenters. The first-order valence-electron chi connectivity index (χ1n) is 11.2. The Kier molecular flexibility index (Phi) is 11.0. The lowest BCUT2D eigenvalue weighted by Gasteiger charge is -2.44. The van der Waals surface area contributed by atoms with Gasteiger partial charge in [0, 0.05) is 6.08 Å². The summed E-state index contributed by atoms with van der Waals surface area (Å²) in [6, 6.07) is 10.3. The van der Waals surface area contributed by atoms with Crippen LogP contribution in [0.25, 0.3) is 0 Å². The maximum atomic E-state index is 11.3. The Morgan fingerprint density at radius 1 is 0.906 bits per heavy atom. The van der Waals surface area contributed by atoms with Crippen LogP contribution < -0.4 is 5.19 Å². The molecule has 0 radical (unpaired) electrons. The van der Waals surface area contributed by atoms with Gasteiger partial charge in [0.25, 0.3) is 0 Å². The number of rotatable bonds is 14. The summed E-state index contributed by atoms with van der Waals surface area (Å²) in [6.07, 6.45) is 1.94. The molecule has 0 amide bonds. The predicted molar refractivity (Wildman–Crippen MR) is 140 cm³/mol. The highest BCUT2D eigenvalue weighted by molar-refractivity contribution is 6.94. The minimum absolute atomic E-state index is 0.120. The maximum absolute atomic E-state index is 11.3. The Bertz CT molecular complexity index is 736. The SMILES string of the molecule is C=CC(=O)OCCOC(CC)[Si](C)(O[Si](C)(C)O[Si](C)(C)O[Si](C)(C)C)c1ccccc1. The van der Waals surface area contributed by atoms with Crippen LogP contribution in [0.4, 0.5) is 0 Å². The molecule has 0 aromatic heterocycles. The molecule has 0 N–H and O–H groups in total. The zero-order chi connectivity index (χ0) is 24.6. The van der Waals surface area contributed by atoms with Crippen LogP contribution in [-0.4, -0.2) is 58.7 Å². The molecule has 2 unspecified atom stereocenters. The predicted octanol–water partition coefficient (Wildman–Crippen LogP) is 4.82. The van der Waals surface area contributed by atoms with Gasteiger partial charge in [0.15, 0.2) is 8.32 Å². The van der Waals surface area contributed by atoms with E-state index in [0.29, 0.717) is 6.61 Å². The first-order valence-corrected chi connectivity index (χ1v) is 22.7. The average molecular weight is 515 g/mol. The summed E-state index contributed by atoms with van der Waals surface area (Å²) in [5, 5.41) is 1.16. The van der Waals surface area contributed by atoms with Crippen molar-refractivity contribution < 1.29 is 26.6 Å². The van der Waals surface area contributed by atoms with Crippen molar-refractivity contribution in [2.45, 2.75) is 71.4 Å². The molecule has 0 aliphatic rings. The van der Waals surface area contributed by atoms with E-state index in [9.17, 15) is 4.79 Å². The summed E-state index contributed by atoms with van der Waals surface area (Å²) in [5.41, 5.74) is -0.120. The molecular formula is C22H42O6Si4. The monoisotopic (exact) mass is 514 g/mol. The molecule has 0 spiro atoms. The lowest BCUT2D eigenvalue weighted by Crippen LogP contribution is -2.65. The summed E-state index contributed by atoms with van der Waals surface area (Å²) in [5.74, 6) is -0.447. The molecular weight excluding hydrogens is 473 g/mol.